The largest absolute Gasteiger partial charge is 0.358 e. The summed E-state index contributed by atoms with van der Waals surface area (Å²) < 4.78 is 53.4. The Morgan fingerprint density at radius 1 is 0.944 bits per heavy atom. The first-order chi connectivity index (χ1) is 8.22. The van der Waals surface area contributed by atoms with E-state index in [4.69, 9.17) is 0 Å². The maximum absolute atomic E-state index is 13.7. The van der Waals surface area contributed by atoms with Crippen LogP contribution >= 0.6 is 0 Å². The van der Waals surface area contributed by atoms with E-state index in [1.54, 1.807) is 0 Å². The van der Waals surface area contributed by atoms with Crippen LogP contribution in [0.2, 0.25) is 0 Å². The van der Waals surface area contributed by atoms with Gasteiger partial charge in [0, 0.05) is 11.6 Å². The second kappa shape index (κ2) is 4.00. The molecule has 98 valence electrons. The maximum atomic E-state index is 13.7. The minimum absolute atomic E-state index is 0.178. The fraction of sp³-hybridized carbons (Fsp3) is 0.385. The highest BCUT2D eigenvalue weighted by Crippen LogP contribution is 2.32. The molecule has 0 aliphatic heterocycles. The average Bonchev–Trinajstić information content (AvgIpc) is 2.65. The highest BCUT2D eigenvalue weighted by molar-refractivity contribution is 5.84. The molecule has 0 saturated carbocycles. The Labute approximate surface area is 102 Å². The van der Waals surface area contributed by atoms with E-state index in [9.17, 15) is 17.6 Å². The maximum Gasteiger partial charge on any atom is 0.199 e. The van der Waals surface area contributed by atoms with Crippen LogP contribution < -0.4 is 0 Å². The molecule has 0 radical (unpaired) electrons. The Bertz CT molecular complexity index is 608. The van der Waals surface area contributed by atoms with E-state index in [-0.39, 0.29) is 16.3 Å². The SMILES string of the molecule is CC(C)(C)Cc1c[nH]c2c(F)c(F)c(F)c(F)c12. The van der Waals surface area contributed by atoms with Crippen molar-refractivity contribution in [3.8, 4) is 0 Å². The van der Waals surface area contributed by atoms with Gasteiger partial charge in [0.05, 0.1) is 5.52 Å². The van der Waals surface area contributed by atoms with Gasteiger partial charge in [0.1, 0.15) is 0 Å². The molecule has 1 N–H and O–H groups in total. The number of benzene rings is 1. The summed E-state index contributed by atoms with van der Waals surface area (Å²) in [6.07, 6.45) is 1.81. The van der Waals surface area contributed by atoms with Crippen molar-refractivity contribution in [2.75, 3.05) is 0 Å². The van der Waals surface area contributed by atoms with Crippen LogP contribution in [0.5, 0.6) is 0 Å². The minimum atomic E-state index is -1.79. The van der Waals surface area contributed by atoms with E-state index in [1.165, 1.54) is 6.20 Å². The van der Waals surface area contributed by atoms with Crippen molar-refractivity contribution < 1.29 is 17.6 Å². The van der Waals surface area contributed by atoms with Gasteiger partial charge in [0.15, 0.2) is 23.3 Å². The van der Waals surface area contributed by atoms with E-state index in [1.807, 2.05) is 20.8 Å². The normalized spacial score (nSPS) is 12.4. The van der Waals surface area contributed by atoms with Crippen molar-refractivity contribution in [3.05, 3.63) is 35.0 Å². The van der Waals surface area contributed by atoms with E-state index in [2.05, 4.69) is 4.98 Å². The fourth-order valence-electron chi connectivity index (χ4n) is 2.01. The van der Waals surface area contributed by atoms with Crippen molar-refractivity contribution in [1.82, 2.24) is 4.98 Å². The first-order valence-corrected chi connectivity index (χ1v) is 5.54. The molecule has 0 spiro atoms. The number of hydrogen-bond acceptors (Lipinski definition) is 0. The molecule has 1 heterocycles. The molecule has 0 aliphatic rings. The third kappa shape index (κ3) is 1.98. The molecular weight excluding hydrogens is 246 g/mol. The lowest BCUT2D eigenvalue weighted by Gasteiger charge is -2.17. The lowest BCUT2D eigenvalue weighted by Crippen LogP contribution is -2.09. The lowest BCUT2D eigenvalue weighted by atomic mass is 9.88. The molecule has 2 rings (SSSR count). The molecule has 0 aliphatic carbocycles. The summed E-state index contributed by atoms with van der Waals surface area (Å²) in [7, 11) is 0. The zero-order chi connectivity index (χ0) is 13.7. The number of aromatic nitrogens is 1. The molecular formula is C13H13F4N. The van der Waals surface area contributed by atoms with Crippen LogP contribution in [0.3, 0.4) is 0 Å². The number of nitrogens with one attached hydrogen (secondary N) is 1. The van der Waals surface area contributed by atoms with Gasteiger partial charge in [-0.05, 0) is 17.4 Å². The van der Waals surface area contributed by atoms with Crippen molar-refractivity contribution >= 4 is 10.9 Å². The van der Waals surface area contributed by atoms with Gasteiger partial charge in [-0.15, -0.1) is 0 Å². The number of fused-ring (bicyclic) bond motifs is 1. The molecule has 1 aromatic carbocycles. The molecule has 5 heteroatoms. The predicted octanol–water partition coefficient (Wildman–Crippen LogP) is 4.31. The zero-order valence-electron chi connectivity index (χ0n) is 10.3. The molecule has 2 aromatic rings. The van der Waals surface area contributed by atoms with Crippen LogP contribution in [0.25, 0.3) is 10.9 Å². The Morgan fingerprint density at radius 2 is 1.50 bits per heavy atom. The quantitative estimate of drug-likeness (QED) is 0.446. The molecule has 0 unspecified atom stereocenters. The van der Waals surface area contributed by atoms with Crippen LogP contribution in [0.4, 0.5) is 17.6 Å². The first-order valence-electron chi connectivity index (χ1n) is 5.54. The summed E-state index contributed by atoms with van der Waals surface area (Å²) in [5.41, 5.74) is -0.0680. The summed E-state index contributed by atoms with van der Waals surface area (Å²) in [6, 6.07) is 0. The molecule has 1 nitrogen and oxygen atoms in total. The first kappa shape index (κ1) is 12.9. The monoisotopic (exact) mass is 259 g/mol. The van der Waals surface area contributed by atoms with Gasteiger partial charge in [0.2, 0.25) is 0 Å². The second-order valence-corrected chi connectivity index (χ2v) is 5.56. The summed E-state index contributed by atoms with van der Waals surface area (Å²) in [5.74, 6) is -6.28. The molecule has 18 heavy (non-hydrogen) atoms. The summed E-state index contributed by atoms with van der Waals surface area (Å²) in [4.78, 5) is 2.47. The van der Waals surface area contributed by atoms with Gasteiger partial charge >= 0.3 is 0 Å². The molecule has 0 bridgehead atoms. The summed E-state index contributed by atoms with van der Waals surface area (Å²) in [5, 5.41) is -0.207. The third-order valence-corrected chi connectivity index (χ3v) is 2.70. The molecule has 0 fully saturated rings. The number of halogens is 4. The van der Waals surface area contributed by atoms with Gasteiger partial charge in [-0.3, -0.25) is 0 Å². The van der Waals surface area contributed by atoms with Crippen molar-refractivity contribution in [3.63, 3.8) is 0 Å². The van der Waals surface area contributed by atoms with Crippen LogP contribution in [0, 0.1) is 28.7 Å². The van der Waals surface area contributed by atoms with Gasteiger partial charge in [-0.25, -0.2) is 17.6 Å². The molecule has 0 atom stereocenters. The van der Waals surface area contributed by atoms with E-state index < -0.39 is 23.3 Å². The topological polar surface area (TPSA) is 15.8 Å². The molecule has 1 aromatic heterocycles. The summed E-state index contributed by atoms with van der Waals surface area (Å²) in [6.45, 7) is 5.75. The number of rotatable bonds is 1. The number of H-pyrrole nitrogens is 1. The van der Waals surface area contributed by atoms with Crippen molar-refractivity contribution in [2.24, 2.45) is 5.41 Å². The standard InChI is InChI=1S/C13H13F4N/c1-13(2,3)4-6-5-18-12-7(6)8(14)9(15)10(16)11(12)17/h5,18H,4H2,1-3H3. The molecule has 0 amide bonds. The Kier molecular flexibility index (Phi) is 2.87. The zero-order valence-corrected chi connectivity index (χ0v) is 10.3. The van der Waals surface area contributed by atoms with Gasteiger partial charge in [-0.1, -0.05) is 20.8 Å². The van der Waals surface area contributed by atoms with Crippen LogP contribution in [0.1, 0.15) is 26.3 Å². The third-order valence-electron chi connectivity index (χ3n) is 2.70. The average molecular weight is 259 g/mol. The van der Waals surface area contributed by atoms with Crippen LogP contribution in [-0.4, -0.2) is 4.98 Å². The van der Waals surface area contributed by atoms with Gasteiger partial charge in [0.25, 0.3) is 0 Å². The minimum Gasteiger partial charge on any atom is -0.358 e. The van der Waals surface area contributed by atoms with Gasteiger partial charge in [-0.2, -0.15) is 0 Å². The summed E-state index contributed by atoms with van der Waals surface area (Å²) >= 11 is 0. The number of hydrogen-bond donors (Lipinski definition) is 1. The highest BCUT2D eigenvalue weighted by Gasteiger charge is 2.25. The smallest absolute Gasteiger partial charge is 0.199 e. The van der Waals surface area contributed by atoms with Crippen molar-refractivity contribution in [1.29, 1.82) is 0 Å². The second-order valence-electron chi connectivity index (χ2n) is 5.56. The van der Waals surface area contributed by atoms with Crippen LogP contribution in [0.15, 0.2) is 6.20 Å². The highest BCUT2D eigenvalue weighted by atomic mass is 19.2. The Morgan fingerprint density at radius 3 is 2.06 bits per heavy atom. The van der Waals surface area contributed by atoms with Crippen molar-refractivity contribution in [2.45, 2.75) is 27.2 Å². The Balaban J connectivity index is 2.73. The molecule has 0 saturated heterocycles. The predicted molar refractivity (Wildman–Crippen MR) is 61.3 cm³/mol. The number of aromatic amines is 1. The van der Waals surface area contributed by atoms with Crippen LogP contribution in [-0.2, 0) is 6.42 Å². The van der Waals surface area contributed by atoms with E-state index >= 15 is 0 Å². The van der Waals surface area contributed by atoms with E-state index in [0.29, 0.717) is 12.0 Å². The van der Waals surface area contributed by atoms with E-state index in [0.717, 1.165) is 0 Å². The lowest BCUT2D eigenvalue weighted by molar-refractivity contribution is 0.408. The van der Waals surface area contributed by atoms with Gasteiger partial charge < -0.3 is 4.98 Å². The Hall–Kier alpha value is -1.52. The fourth-order valence-corrected chi connectivity index (χ4v) is 2.01.